The lowest BCUT2D eigenvalue weighted by molar-refractivity contribution is 0.220. The van der Waals surface area contributed by atoms with Gasteiger partial charge in [0.05, 0.1) is 7.11 Å². The predicted molar refractivity (Wildman–Crippen MR) is 86.5 cm³/mol. The molecule has 0 radical (unpaired) electrons. The second-order valence-corrected chi connectivity index (χ2v) is 5.59. The number of nitrogens with zero attached hydrogens (tertiary/aromatic N) is 1. The summed E-state index contributed by atoms with van der Waals surface area (Å²) in [6.45, 7) is 0. The third-order valence-corrected chi connectivity index (χ3v) is 4.23. The van der Waals surface area contributed by atoms with Gasteiger partial charge in [0.1, 0.15) is 11.9 Å². The normalized spacial score (nSPS) is 12.3. The lowest BCUT2D eigenvalue weighted by Gasteiger charge is -2.16. The van der Waals surface area contributed by atoms with Gasteiger partial charge < -0.3 is 9.84 Å². The summed E-state index contributed by atoms with van der Waals surface area (Å²) in [6, 6.07) is 13.3. The molecule has 3 aromatic rings. The highest BCUT2D eigenvalue weighted by atomic mass is 79.9. The summed E-state index contributed by atoms with van der Waals surface area (Å²) < 4.78 is 6.09. The van der Waals surface area contributed by atoms with Crippen LogP contribution in [0, 0.1) is 0 Å². The molecule has 3 rings (SSSR count). The highest BCUT2D eigenvalue weighted by molar-refractivity contribution is 9.10. The van der Waals surface area contributed by atoms with Gasteiger partial charge in [0.15, 0.2) is 0 Å². The fourth-order valence-electron chi connectivity index (χ4n) is 2.41. The zero-order chi connectivity index (χ0) is 14.8. The maximum absolute atomic E-state index is 10.8. The minimum absolute atomic E-state index is 0.717. The number of halogens is 1. The molecule has 0 aliphatic rings. The van der Waals surface area contributed by atoms with Crippen LogP contribution in [0.5, 0.6) is 5.75 Å². The Labute approximate surface area is 131 Å². The van der Waals surface area contributed by atoms with Crippen molar-refractivity contribution in [2.45, 2.75) is 6.10 Å². The number of rotatable bonds is 3. The minimum Gasteiger partial charge on any atom is -0.497 e. The second kappa shape index (κ2) is 5.84. The molecule has 0 aliphatic heterocycles. The van der Waals surface area contributed by atoms with Crippen LogP contribution in [-0.2, 0) is 0 Å². The quantitative estimate of drug-likeness (QED) is 0.778. The largest absolute Gasteiger partial charge is 0.497 e. The Kier molecular flexibility index (Phi) is 3.90. The summed E-state index contributed by atoms with van der Waals surface area (Å²) in [7, 11) is 1.61. The molecule has 0 bridgehead atoms. The van der Waals surface area contributed by atoms with Gasteiger partial charge in [-0.05, 0) is 35.2 Å². The Hall–Kier alpha value is -1.91. The van der Waals surface area contributed by atoms with E-state index in [1.165, 1.54) is 0 Å². The molecule has 1 unspecified atom stereocenters. The molecular formula is C17H14BrNO2. The molecule has 1 aromatic heterocycles. The maximum atomic E-state index is 10.8. The maximum Gasteiger partial charge on any atom is 0.119 e. The van der Waals surface area contributed by atoms with E-state index in [9.17, 15) is 5.11 Å². The minimum atomic E-state index is -0.736. The van der Waals surface area contributed by atoms with Crippen LogP contribution in [0.15, 0.2) is 59.3 Å². The van der Waals surface area contributed by atoms with Gasteiger partial charge in [-0.1, -0.05) is 34.1 Å². The molecule has 1 heterocycles. The molecule has 0 spiro atoms. The van der Waals surface area contributed by atoms with Crippen molar-refractivity contribution in [1.82, 2.24) is 4.98 Å². The third-order valence-electron chi connectivity index (χ3n) is 3.51. The van der Waals surface area contributed by atoms with Crippen LogP contribution in [0.4, 0.5) is 0 Å². The molecular weight excluding hydrogens is 330 g/mol. The first-order valence-corrected chi connectivity index (χ1v) is 7.34. The average Bonchev–Trinajstić information content (AvgIpc) is 2.54. The number of hydrogen-bond acceptors (Lipinski definition) is 3. The second-order valence-electron chi connectivity index (χ2n) is 4.73. The molecule has 0 aliphatic carbocycles. The highest BCUT2D eigenvalue weighted by Gasteiger charge is 2.17. The van der Waals surface area contributed by atoms with Gasteiger partial charge in [0, 0.05) is 27.8 Å². The lowest BCUT2D eigenvalue weighted by atomic mass is 9.96. The smallest absolute Gasteiger partial charge is 0.119 e. The van der Waals surface area contributed by atoms with E-state index in [1.54, 1.807) is 19.5 Å². The van der Waals surface area contributed by atoms with Gasteiger partial charge >= 0.3 is 0 Å². The van der Waals surface area contributed by atoms with E-state index in [-0.39, 0.29) is 0 Å². The first-order chi connectivity index (χ1) is 10.2. The molecule has 3 nitrogen and oxygen atoms in total. The molecule has 1 N–H and O–H groups in total. The molecule has 0 fully saturated rings. The average molecular weight is 344 g/mol. The first kappa shape index (κ1) is 14.0. The van der Waals surface area contributed by atoms with Crippen LogP contribution >= 0.6 is 15.9 Å². The Morgan fingerprint density at radius 3 is 2.81 bits per heavy atom. The van der Waals surface area contributed by atoms with E-state index in [0.29, 0.717) is 5.75 Å². The van der Waals surface area contributed by atoms with Crippen molar-refractivity contribution in [3.8, 4) is 5.75 Å². The number of pyridine rings is 1. The van der Waals surface area contributed by atoms with Crippen molar-refractivity contribution < 1.29 is 9.84 Å². The summed E-state index contributed by atoms with van der Waals surface area (Å²) in [5.41, 5.74) is 1.63. The number of aliphatic hydroxyl groups excluding tert-OH is 1. The van der Waals surface area contributed by atoms with Crippen molar-refractivity contribution in [2.75, 3.05) is 7.11 Å². The van der Waals surface area contributed by atoms with Crippen molar-refractivity contribution in [3.05, 3.63) is 70.5 Å². The molecule has 0 saturated heterocycles. The number of aromatic nitrogens is 1. The summed E-state index contributed by atoms with van der Waals surface area (Å²) in [5.74, 6) is 0.717. The molecule has 106 valence electrons. The van der Waals surface area contributed by atoms with Crippen LogP contribution in [-0.4, -0.2) is 17.2 Å². The lowest BCUT2D eigenvalue weighted by Crippen LogP contribution is -2.02. The Bertz CT molecular complexity index is 783. The van der Waals surface area contributed by atoms with Gasteiger partial charge in [0.25, 0.3) is 0 Å². The number of fused-ring (bicyclic) bond motifs is 1. The van der Waals surface area contributed by atoms with E-state index in [0.717, 1.165) is 26.4 Å². The molecule has 0 amide bonds. The van der Waals surface area contributed by atoms with Crippen LogP contribution < -0.4 is 4.74 Å². The summed E-state index contributed by atoms with van der Waals surface area (Å²) in [5, 5.41) is 12.8. The third kappa shape index (κ3) is 2.64. The van der Waals surface area contributed by atoms with Crippen molar-refractivity contribution >= 4 is 26.7 Å². The van der Waals surface area contributed by atoms with E-state index >= 15 is 0 Å². The number of benzene rings is 2. The number of aliphatic hydroxyl groups is 1. The number of methoxy groups -OCH3 is 1. The van der Waals surface area contributed by atoms with Crippen LogP contribution in [0.1, 0.15) is 17.2 Å². The monoisotopic (exact) mass is 343 g/mol. The van der Waals surface area contributed by atoms with Gasteiger partial charge in [-0.2, -0.15) is 0 Å². The van der Waals surface area contributed by atoms with E-state index < -0.39 is 6.10 Å². The van der Waals surface area contributed by atoms with E-state index in [4.69, 9.17) is 4.74 Å². The van der Waals surface area contributed by atoms with Gasteiger partial charge in [0.2, 0.25) is 0 Å². The number of hydrogen-bond donors (Lipinski definition) is 1. The highest BCUT2D eigenvalue weighted by Crippen LogP contribution is 2.34. The molecule has 0 saturated carbocycles. The molecule has 21 heavy (non-hydrogen) atoms. The first-order valence-electron chi connectivity index (χ1n) is 6.55. The topological polar surface area (TPSA) is 42.4 Å². The summed E-state index contributed by atoms with van der Waals surface area (Å²) >= 11 is 3.49. The fraction of sp³-hybridized carbons (Fsp3) is 0.118. The van der Waals surface area contributed by atoms with Gasteiger partial charge in [-0.15, -0.1) is 0 Å². The number of ether oxygens (including phenoxy) is 1. The zero-order valence-electron chi connectivity index (χ0n) is 11.5. The van der Waals surface area contributed by atoms with Crippen molar-refractivity contribution in [1.29, 1.82) is 0 Å². The molecule has 2 aromatic carbocycles. The van der Waals surface area contributed by atoms with Crippen LogP contribution in [0.3, 0.4) is 0 Å². The Morgan fingerprint density at radius 1 is 1.14 bits per heavy atom. The fourth-order valence-corrected chi connectivity index (χ4v) is 2.88. The Morgan fingerprint density at radius 2 is 2.00 bits per heavy atom. The van der Waals surface area contributed by atoms with Crippen LogP contribution in [0.2, 0.25) is 0 Å². The van der Waals surface area contributed by atoms with Gasteiger partial charge in [-0.3, -0.25) is 4.98 Å². The van der Waals surface area contributed by atoms with Crippen molar-refractivity contribution in [2.24, 2.45) is 0 Å². The Balaban J connectivity index is 2.14. The van der Waals surface area contributed by atoms with Crippen LogP contribution in [0.25, 0.3) is 10.8 Å². The summed E-state index contributed by atoms with van der Waals surface area (Å²) in [6.07, 6.45) is 2.80. The van der Waals surface area contributed by atoms with E-state index in [2.05, 4.69) is 20.9 Å². The van der Waals surface area contributed by atoms with E-state index in [1.807, 2.05) is 42.5 Å². The SMILES string of the molecule is COc1ccc(Br)c(C(O)c2cccc3cnccc23)c1. The summed E-state index contributed by atoms with van der Waals surface area (Å²) in [4.78, 5) is 4.12. The molecule has 1 atom stereocenters. The van der Waals surface area contributed by atoms with Crippen molar-refractivity contribution in [3.63, 3.8) is 0 Å². The van der Waals surface area contributed by atoms with Gasteiger partial charge in [-0.25, -0.2) is 0 Å². The molecule has 4 heteroatoms. The standard InChI is InChI=1S/C17H14BrNO2/c1-21-12-5-6-16(18)15(9-12)17(20)14-4-2-3-11-10-19-8-7-13(11)14/h2-10,17,20H,1H3. The zero-order valence-corrected chi connectivity index (χ0v) is 13.0. The predicted octanol–water partition coefficient (Wildman–Crippen LogP) is 4.09.